The van der Waals surface area contributed by atoms with Gasteiger partial charge in [0.05, 0.1) is 19.8 Å². The number of amides is 1. The van der Waals surface area contributed by atoms with E-state index < -0.39 is 0 Å². The second-order valence-electron chi connectivity index (χ2n) is 7.77. The summed E-state index contributed by atoms with van der Waals surface area (Å²) in [6.45, 7) is 4.55. The van der Waals surface area contributed by atoms with Crippen molar-refractivity contribution in [3.63, 3.8) is 0 Å². The molecule has 3 rings (SSSR count). The molecule has 0 heterocycles. The maximum atomic E-state index is 12.8. The van der Waals surface area contributed by atoms with Crippen LogP contribution in [0.15, 0.2) is 18.2 Å². The quantitative estimate of drug-likeness (QED) is 0.765. The van der Waals surface area contributed by atoms with Gasteiger partial charge in [-0.25, -0.2) is 0 Å². The normalized spacial score (nSPS) is 27.9. The molecule has 3 atom stereocenters. The average Bonchev–Trinajstić information content (AvgIpc) is 2.61. The zero-order chi connectivity index (χ0) is 18.7. The highest BCUT2D eigenvalue weighted by Gasteiger charge is 2.40. The lowest BCUT2D eigenvalue weighted by Gasteiger charge is -2.43. The Bertz CT molecular complexity index is 626. The van der Waals surface area contributed by atoms with Gasteiger partial charge in [0.2, 0.25) is 5.91 Å². The van der Waals surface area contributed by atoms with Crippen LogP contribution in [0, 0.1) is 17.8 Å². The van der Waals surface area contributed by atoms with Crippen molar-refractivity contribution in [1.29, 1.82) is 0 Å². The van der Waals surface area contributed by atoms with Crippen LogP contribution >= 0.6 is 12.4 Å². The first kappa shape index (κ1) is 21.8. The van der Waals surface area contributed by atoms with E-state index in [0.717, 1.165) is 24.2 Å². The summed E-state index contributed by atoms with van der Waals surface area (Å²) in [6.07, 6.45) is 5.48. The van der Waals surface area contributed by atoms with E-state index in [9.17, 15) is 4.79 Å². The van der Waals surface area contributed by atoms with Gasteiger partial charge in [0.15, 0.2) is 11.5 Å². The number of ether oxygens (including phenoxy) is 2. The van der Waals surface area contributed by atoms with Gasteiger partial charge in [-0.3, -0.25) is 4.79 Å². The second-order valence-corrected chi connectivity index (χ2v) is 7.77. The van der Waals surface area contributed by atoms with E-state index >= 15 is 0 Å². The average molecular weight is 397 g/mol. The van der Waals surface area contributed by atoms with Crippen LogP contribution in [0.25, 0.3) is 0 Å². The number of carbonyl (C=O) groups excluding carboxylic acids is 1. The Morgan fingerprint density at radius 2 is 1.93 bits per heavy atom. The maximum absolute atomic E-state index is 12.8. The lowest BCUT2D eigenvalue weighted by molar-refractivity contribution is -0.128. The van der Waals surface area contributed by atoms with Gasteiger partial charge in [0.25, 0.3) is 0 Å². The van der Waals surface area contributed by atoms with Crippen molar-refractivity contribution in [2.45, 2.75) is 58.0 Å². The molecule has 0 radical (unpaired) electrons. The number of hydrogen-bond donors (Lipinski definition) is 2. The number of hydrogen-bond acceptors (Lipinski definition) is 4. The molecule has 0 spiro atoms. The van der Waals surface area contributed by atoms with Crippen LogP contribution < -0.4 is 20.5 Å². The van der Waals surface area contributed by atoms with Crippen LogP contribution in [-0.4, -0.2) is 25.7 Å². The highest BCUT2D eigenvalue weighted by Crippen LogP contribution is 2.42. The third-order valence-corrected chi connectivity index (χ3v) is 6.13. The zero-order valence-corrected chi connectivity index (χ0v) is 17.4. The van der Waals surface area contributed by atoms with E-state index in [1.165, 1.54) is 19.3 Å². The summed E-state index contributed by atoms with van der Waals surface area (Å²) in [6, 6.07) is 6.07. The Hall–Kier alpha value is -1.46. The molecule has 0 aromatic heterocycles. The first-order chi connectivity index (χ1) is 12.5. The van der Waals surface area contributed by atoms with Crippen LogP contribution in [-0.2, 0) is 4.79 Å². The van der Waals surface area contributed by atoms with E-state index in [1.807, 2.05) is 32.0 Å². The van der Waals surface area contributed by atoms with Gasteiger partial charge in [-0.05, 0) is 69.1 Å². The number of nitrogens with one attached hydrogen (secondary N) is 1. The van der Waals surface area contributed by atoms with Crippen molar-refractivity contribution in [1.82, 2.24) is 5.32 Å². The predicted octanol–water partition coefficient (Wildman–Crippen LogP) is 3.85. The Balaban J connectivity index is 0.00000261. The smallest absolute Gasteiger partial charge is 0.223 e. The molecule has 2 saturated carbocycles. The Morgan fingerprint density at radius 1 is 1.26 bits per heavy atom. The number of halogens is 1. The van der Waals surface area contributed by atoms with Crippen molar-refractivity contribution >= 4 is 18.3 Å². The molecule has 5 nitrogen and oxygen atoms in total. The molecule has 0 saturated heterocycles. The minimum Gasteiger partial charge on any atom is -0.493 e. The summed E-state index contributed by atoms with van der Waals surface area (Å²) >= 11 is 0. The third kappa shape index (κ3) is 4.88. The third-order valence-electron chi connectivity index (χ3n) is 6.13. The van der Waals surface area contributed by atoms with Crippen LogP contribution in [0.5, 0.6) is 11.5 Å². The first-order valence-corrected chi connectivity index (χ1v) is 9.90. The Morgan fingerprint density at radius 3 is 2.52 bits per heavy atom. The van der Waals surface area contributed by atoms with E-state index in [2.05, 4.69) is 5.32 Å². The van der Waals surface area contributed by atoms with E-state index in [4.69, 9.17) is 15.2 Å². The molecule has 1 aromatic rings. The number of fused-ring (bicyclic) bond motifs is 2. The number of methoxy groups -OCH3 is 1. The molecule has 3 unspecified atom stereocenters. The standard InChI is InChI=1S/C21H32N2O3.ClH/c1-4-26-18-9-8-14(12-19(18)25-3)13(2)23-21(24)17-10-15-6-5-7-16(11-17)20(15)22;/h8-9,12-13,15-17,20H,4-7,10-11,22H2,1-3H3,(H,23,24);1H. The fraction of sp³-hybridized carbons (Fsp3) is 0.667. The molecular formula is C21H33ClN2O3. The van der Waals surface area contributed by atoms with Crippen molar-refractivity contribution in [2.24, 2.45) is 23.5 Å². The largest absolute Gasteiger partial charge is 0.493 e. The zero-order valence-electron chi connectivity index (χ0n) is 16.6. The van der Waals surface area contributed by atoms with Crippen molar-refractivity contribution in [3.05, 3.63) is 23.8 Å². The van der Waals surface area contributed by atoms with Gasteiger partial charge < -0.3 is 20.5 Å². The fourth-order valence-electron chi connectivity index (χ4n) is 4.65. The van der Waals surface area contributed by atoms with E-state index in [1.54, 1.807) is 7.11 Å². The molecule has 3 N–H and O–H groups in total. The Labute approximate surface area is 168 Å². The second kappa shape index (κ2) is 9.65. The van der Waals surface area contributed by atoms with E-state index in [-0.39, 0.29) is 30.3 Å². The van der Waals surface area contributed by atoms with Gasteiger partial charge in [-0.2, -0.15) is 0 Å². The van der Waals surface area contributed by atoms with Crippen LogP contribution in [0.3, 0.4) is 0 Å². The first-order valence-electron chi connectivity index (χ1n) is 9.90. The lowest BCUT2D eigenvalue weighted by atomic mass is 9.65. The summed E-state index contributed by atoms with van der Waals surface area (Å²) < 4.78 is 11.0. The summed E-state index contributed by atoms with van der Waals surface area (Å²) in [7, 11) is 1.63. The number of nitrogens with two attached hydrogens (primary N) is 1. The highest BCUT2D eigenvalue weighted by molar-refractivity contribution is 5.85. The number of benzene rings is 1. The monoisotopic (exact) mass is 396 g/mol. The minimum absolute atomic E-state index is 0. The van der Waals surface area contributed by atoms with Crippen LogP contribution in [0.2, 0.25) is 0 Å². The SMILES string of the molecule is CCOc1ccc(C(C)NC(=O)C2CC3CCCC(C2)C3N)cc1OC.Cl. The topological polar surface area (TPSA) is 73.6 Å². The van der Waals surface area contributed by atoms with Crippen molar-refractivity contribution < 1.29 is 14.3 Å². The lowest BCUT2D eigenvalue weighted by Crippen LogP contribution is -2.49. The molecule has 2 fully saturated rings. The molecule has 1 aromatic carbocycles. The summed E-state index contributed by atoms with van der Waals surface area (Å²) in [5, 5.41) is 3.20. The van der Waals surface area contributed by atoms with Gasteiger partial charge in [-0.1, -0.05) is 12.5 Å². The van der Waals surface area contributed by atoms with Gasteiger partial charge in [0, 0.05) is 12.0 Å². The number of rotatable bonds is 6. The fourth-order valence-corrected chi connectivity index (χ4v) is 4.65. The molecule has 1 amide bonds. The molecule has 27 heavy (non-hydrogen) atoms. The molecule has 6 heteroatoms. The van der Waals surface area contributed by atoms with Crippen LogP contribution in [0.1, 0.15) is 57.6 Å². The molecular weight excluding hydrogens is 364 g/mol. The predicted molar refractivity (Wildman–Crippen MR) is 109 cm³/mol. The molecule has 0 aliphatic heterocycles. The molecule has 152 valence electrons. The Kier molecular flexibility index (Phi) is 7.80. The highest BCUT2D eigenvalue weighted by atomic mass is 35.5. The summed E-state index contributed by atoms with van der Waals surface area (Å²) in [5.74, 6) is 2.71. The maximum Gasteiger partial charge on any atom is 0.223 e. The molecule has 2 bridgehead atoms. The van der Waals surface area contributed by atoms with Gasteiger partial charge in [0.1, 0.15) is 0 Å². The van der Waals surface area contributed by atoms with Crippen molar-refractivity contribution in [2.75, 3.05) is 13.7 Å². The molecule has 2 aliphatic carbocycles. The number of carbonyl (C=O) groups is 1. The summed E-state index contributed by atoms with van der Waals surface area (Å²) in [5.41, 5.74) is 7.37. The molecule has 2 aliphatic rings. The van der Waals surface area contributed by atoms with Gasteiger partial charge >= 0.3 is 0 Å². The summed E-state index contributed by atoms with van der Waals surface area (Å²) in [4.78, 5) is 12.8. The minimum atomic E-state index is -0.0671. The van der Waals surface area contributed by atoms with Gasteiger partial charge in [-0.15, -0.1) is 12.4 Å². The van der Waals surface area contributed by atoms with Crippen molar-refractivity contribution in [3.8, 4) is 11.5 Å². The van der Waals surface area contributed by atoms with Crippen LogP contribution in [0.4, 0.5) is 0 Å². The van der Waals surface area contributed by atoms with E-state index in [0.29, 0.717) is 30.2 Å².